The number of ether oxygens (including phenoxy) is 2. The molecular weight excluding hydrogens is 464 g/mol. The second-order valence-corrected chi connectivity index (χ2v) is 9.84. The number of amides is 1. The molecule has 34 heavy (non-hydrogen) atoms. The molecule has 0 unspecified atom stereocenters. The van der Waals surface area contributed by atoms with Gasteiger partial charge in [-0.25, -0.2) is 8.42 Å². The van der Waals surface area contributed by atoms with E-state index in [9.17, 15) is 23.3 Å². The van der Waals surface area contributed by atoms with E-state index in [0.29, 0.717) is 39.4 Å². The van der Waals surface area contributed by atoms with E-state index in [1.165, 1.54) is 35.7 Å². The van der Waals surface area contributed by atoms with E-state index in [2.05, 4.69) is 0 Å². The number of nitro groups is 1. The zero-order chi connectivity index (χ0) is 24.3. The van der Waals surface area contributed by atoms with Crippen molar-refractivity contribution in [1.82, 2.24) is 9.21 Å². The first-order chi connectivity index (χ1) is 16.3. The van der Waals surface area contributed by atoms with Crippen molar-refractivity contribution in [2.24, 2.45) is 0 Å². The average molecular weight is 491 g/mol. The molecule has 2 saturated heterocycles. The van der Waals surface area contributed by atoms with Crippen LogP contribution in [0.25, 0.3) is 0 Å². The van der Waals surface area contributed by atoms with Crippen molar-refractivity contribution < 1.29 is 27.6 Å². The molecule has 2 aliphatic rings. The van der Waals surface area contributed by atoms with Gasteiger partial charge in [0.1, 0.15) is 10.6 Å². The number of nitrogens with zero attached hydrogens (tertiary/aromatic N) is 4. The third-order valence-corrected chi connectivity index (χ3v) is 7.89. The van der Waals surface area contributed by atoms with Gasteiger partial charge in [0, 0.05) is 62.7 Å². The molecule has 0 bridgehead atoms. The molecule has 0 saturated carbocycles. The molecule has 2 fully saturated rings. The zero-order valence-electron chi connectivity index (χ0n) is 18.8. The van der Waals surface area contributed by atoms with Gasteiger partial charge >= 0.3 is 0 Å². The van der Waals surface area contributed by atoms with Gasteiger partial charge in [0.2, 0.25) is 10.0 Å². The monoisotopic (exact) mass is 490 g/mol. The lowest BCUT2D eigenvalue weighted by Gasteiger charge is -2.36. The number of nitro benzene ring substituents is 1. The highest BCUT2D eigenvalue weighted by Gasteiger charge is 2.31. The quantitative estimate of drug-likeness (QED) is 0.442. The van der Waals surface area contributed by atoms with E-state index in [0.717, 1.165) is 5.69 Å². The Labute approximate surface area is 197 Å². The summed E-state index contributed by atoms with van der Waals surface area (Å²) >= 11 is 0. The molecule has 2 heterocycles. The highest BCUT2D eigenvalue weighted by Crippen LogP contribution is 2.29. The summed E-state index contributed by atoms with van der Waals surface area (Å²) in [5, 5.41) is 11.1. The summed E-state index contributed by atoms with van der Waals surface area (Å²) in [4.78, 5) is 27.4. The van der Waals surface area contributed by atoms with Crippen LogP contribution in [0.1, 0.15) is 10.4 Å². The van der Waals surface area contributed by atoms with Crippen LogP contribution in [0.3, 0.4) is 0 Å². The van der Waals surface area contributed by atoms with Crippen LogP contribution in [0.2, 0.25) is 0 Å². The number of piperazine rings is 1. The smallest absolute Gasteiger partial charge is 0.271 e. The molecule has 0 radical (unpaired) electrons. The van der Waals surface area contributed by atoms with Crippen LogP contribution in [-0.4, -0.2) is 88.0 Å². The lowest BCUT2D eigenvalue weighted by atomic mass is 10.1. The number of carbonyl (C=O) groups is 1. The largest absolute Gasteiger partial charge is 0.495 e. The number of hydrogen-bond donors (Lipinski definition) is 0. The van der Waals surface area contributed by atoms with E-state index in [1.54, 1.807) is 23.1 Å². The lowest BCUT2D eigenvalue weighted by Crippen LogP contribution is -2.48. The number of morpholine rings is 1. The van der Waals surface area contributed by atoms with Crippen molar-refractivity contribution in [2.45, 2.75) is 4.90 Å². The minimum Gasteiger partial charge on any atom is -0.495 e. The molecule has 0 aromatic heterocycles. The number of benzene rings is 2. The maximum Gasteiger partial charge on any atom is 0.271 e. The van der Waals surface area contributed by atoms with E-state index < -0.39 is 14.9 Å². The van der Waals surface area contributed by atoms with Gasteiger partial charge < -0.3 is 19.3 Å². The molecule has 2 aromatic rings. The second-order valence-electron chi connectivity index (χ2n) is 7.94. The van der Waals surface area contributed by atoms with Crippen molar-refractivity contribution in [2.75, 3.05) is 64.5 Å². The molecule has 11 nitrogen and oxygen atoms in total. The van der Waals surface area contributed by atoms with E-state index in [1.807, 2.05) is 4.90 Å². The molecule has 2 aromatic carbocycles. The van der Waals surface area contributed by atoms with Crippen LogP contribution in [0.15, 0.2) is 47.4 Å². The first-order valence-electron chi connectivity index (χ1n) is 10.9. The van der Waals surface area contributed by atoms with Gasteiger partial charge in [-0.15, -0.1) is 0 Å². The predicted octanol–water partition coefficient (Wildman–Crippen LogP) is 1.59. The fraction of sp³-hybridized carbons (Fsp3) is 0.409. The van der Waals surface area contributed by atoms with Gasteiger partial charge in [0.05, 0.1) is 25.2 Å². The zero-order valence-corrected chi connectivity index (χ0v) is 19.6. The first kappa shape index (κ1) is 23.9. The number of carbonyl (C=O) groups excluding carboxylic acids is 1. The minimum atomic E-state index is -3.85. The Hall–Kier alpha value is -3.22. The molecular formula is C22H26N4O7S. The summed E-state index contributed by atoms with van der Waals surface area (Å²) in [5.74, 6) is -0.0988. The molecule has 0 N–H and O–H groups in total. The minimum absolute atomic E-state index is 0.0169. The Morgan fingerprint density at radius 1 is 1.03 bits per heavy atom. The number of anilines is 1. The Bertz CT molecular complexity index is 1170. The molecule has 2 aliphatic heterocycles. The molecule has 182 valence electrons. The number of sulfonamides is 1. The lowest BCUT2D eigenvalue weighted by molar-refractivity contribution is -0.384. The average Bonchev–Trinajstić information content (AvgIpc) is 2.88. The van der Waals surface area contributed by atoms with Crippen LogP contribution in [0.5, 0.6) is 5.75 Å². The fourth-order valence-corrected chi connectivity index (χ4v) is 5.68. The van der Waals surface area contributed by atoms with Crippen LogP contribution < -0.4 is 9.64 Å². The Kier molecular flexibility index (Phi) is 7.00. The predicted molar refractivity (Wildman–Crippen MR) is 124 cm³/mol. The molecule has 0 aliphatic carbocycles. The number of non-ortho nitro benzene ring substituents is 1. The van der Waals surface area contributed by atoms with E-state index >= 15 is 0 Å². The molecule has 4 rings (SSSR count). The summed E-state index contributed by atoms with van der Waals surface area (Å²) in [6.07, 6.45) is 0. The van der Waals surface area contributed by atoms with Gasteiger partial charge in [-0.3, -0.25) is 14.9 Å². The summed E-state index contributed by atoms with van der Waals surface area (Å²) in [7, 11) is -2.46. The fourth-order valence-electron chi connectivity index (χ4n) is 4.09. The Balaban J connectivity index is 1.50. The highest BCUT2D eigenvalue weighted by molar-refractivity contribution is 7.89. The van der Waals surface area contributed by atoms with Crippen LogP contribution >= 0.6 is 0 Å². The van der Waals surface area contributed by atoms with Crippen molar-refractivity contribution in [3.63, 3.8) is 0 Å². The normalized spacial score (nSPS) is 17.4. The summed E-state index contributed by atoms with van der Waals surface area (Å²) < 4.78 is 38.3. The Morgan fingerprint density at radius 2 is 1.74 bits per heavy atom. The van der Waals surface area contributed by atoms with Gasteiger partial charge in [0.25, 0.3) is 11.6 Å². The highest BCUT2D eigenvalue weighted by atomic mass is 32.2. The van der Waals surface area contributed by atoms with Crippen molar-refractivity contribution in [1.29, 1.82) is 0 Å². The number of hydrogen-bond acceptors (Lipinski definition) is 8. The number of rotatable bonds is 6. The summed E-state index contributed by atoms with van der Waals surface area (Å²) in [6.45, 7) is 2.92. The first-order valence-corrected chi connectivity index (χ1v) is 12.3. The topological polar surface area (TPSA) is 123 Å². The third kappa shape index (κ3) is 4.83. The van der Waals surface area contributed by atoms with E-state index in [4.69, 9.17) is 9.47 Å². The van der Waals surface area contributed by atoms with Gasteiger partial charge in [0.15, 0.2) is 0 Å². The maximum absolute atomic E-state index is 13.2. The standard InChI is InChI=1S/C22H26N4O7S/c1-32-20-6-5-17(15-21(20)34(30,31)25-11-13-33-14-12-25)22(27)24-9-7-23(8-10-24)18-3-2-4-19(16-18)26(28)29/h2-6,15-16H,7-14H2,1H3. The summed E-state index contributed by atoms with van der Waals surface area (Å²) in [6, 6.07) is 10.8. The van der Waals surface area contributed by atoms with Gasteiger partial charge in [-0.1, -0.05) is 6.07 Å². The maximum atomic E-state index is 13.2. The summed E-state index contributed by atoms with van der Waals surface area (Å²) in [5.41, 5.74) is 1.00. The van der Waals surface area contributed by atoms with Crippen LogP contribution in [0, 0.1) is 10.1 Å². The number of methoxy groups -OCH3 is 1. The third-order valence-electron chi connectivity index (χ3n) is 5.97. The molecule has 0 spiro atoms. The molecule has 12 heteroatoms. The van der Waals surface area contributed by atoms with Crippen LogP contribution in [0.4, 0.5) is 11.4 Å². The van der Waals surface area contributed by atoms with Gasteiger partial charge in [-0.2, -0.15) is 4.31 Å². The Morgan fingerprint density at radius 3 is 2.38 bits per heavy atom. The molecule has 1 amide bonds. The SMILES string of the molecule is COc1ccc(C(=O)N2CCN(c3cccc([N+](=O)[O-])c3)CC2)cc1S(=O)(=O)N1CCOCC1. The van der Waals surface area contributed by atoms with E-state index in [-0.39, 0.29) is 40.9 Å². The van der Waals surface area contributed by atoms with Gasteiger partial charge in [-0.05, 0) is 24.3 Å². The van der Waals surface area contributed by atoms with Crippen molar-refractivity contribution >= 4 is 27.3 Å². The molecule has 0 atom stereocenters. The van der Waals surface area contributed by atoms with Crippen LogP contribution in [-0.2, 0) is 14.8 Å². The second kappa shape index (κ2) is 9.95. The van der Waals surface area contributed by atoms with Crippen molar-refractivity contribution in [3.8, 4) is 5.75 Å². The van der Waals surface area contributed by atoms with Crippen molar-refractivity contribution in [3.05, 3.63) is 58.1 Å².